The van der Waals surface area contributed by atoms with E-state index in [0.717, 1.165) is 6.42 Å². The smallest absolute Gasteiger partial charge is 0.235 e. The average molecular weight is 368 g/mol. The van der Waals surface area contributed by atoms with Gasteiger partial charge in [0.25, 0.3) is 0 Å². The van der Waals surface area contributed by atoms with E-state index in [0.29, 0.717) is 42.9 Å². The minimum atomic E-state index is -3.50. The largest absolute Gasteiger partial charge is 0.493 e. The van der Waals surface area contributed by atoms with Gasteiger partial charge in [0.1, 0.15) is 0 Å². The molecule has 0 aromatic heterocycles. The van der Waals surface area contributed by atoms with Crippen molar-refractivity contribution in [1.29, 1.82) is 0 Å². The number of ether oxygens (including phenoxy) is 2. The van der Waals surface area contributed by atoms with Crippen LogP contribution >= 0.6 is 0 Å². The van der Waals surface area contributed by atoms with Crippen molar-refractivity contribution in [3.8, 4) is 11.5 Å². The normalized spacial score (nSPS) is 26.3. The van der Waals surface area contributed by atoms with E-state index in [1.807, 2.05) is 0 Å². The standard InChI is InChI=1S/C17H24N2O5S/c1-23-15-7-4-12(10-16(15)24-2)19-25(21,22)13-5-6-14-11(9-13)3-8-17(20)18-14/h4,7,10-11,13-14,19H,3,5-6,8-9H2,1-2H3,(H,18,20). The van der Waals surface area contributed by atoms with Crippen molar-refractivity contribution in [3.63, 3.8) is 0 Å². The monoisotopic (exact) mass is 368 g/mol. The third kappa shape index (κ3) is 3.84. The van der Waals surface area contributed by atoms with Gasteiger partial charge in [-0.1, -0.05) is 0 Å². The van der Waals surface area contributed by atoms with Gasteiger partial charge in [0.2, 0.25) is 15.9 Å². The fraction of sp³-hybridized carbons (Fsp3) is 0.588. The highest BCUT2D eigenvalue weighted by Crippen LogP contribution is 2.36. The summed E-state index contributed by atoms with van der Waals surface area (Å²) >= 11 is 0. The van der Waals surface area contributed by atoms with Gasteiger partial charge in [0.15, 0.2) is 11.5 Å². The minimum absolute atomic E-state index is 0.0750. The first-order chi connectivity index (χ1) is 11.9. The first-order valence-electron chi connectivity index (χ1n) is 8.46. The molecule has 3 atom stereocenters. The lowest BCUT2D eigenvalue weighted by atomic mass is 9.79. The van der Waals surface area contributed by atoms with Gasteiger partial charge in [0.05, 0.1) is 25.2 Å². The van der Waals surface area contributed by atoms with E-state index < -0.39 is 15.3 Å². The molecule has 2 N–H and O–H groups in total. The number of rotatable bonds is 5. The van der Waals surface area contributed by atoms with Crippen LogP contribution in [0.15, 0.2) is 18.2 Å². The average Bonchev–Trinajstić information content (AvgIpc) is 2.60. The van der Waals surface area contributed by atoms with Gasteiger partial charge in [-0.3, -0.25) is 9.52 Å². The summed E-state index contributed by atoms with van der Waals surface area (Å²) in [6, 6.07) is 5.06. The summed E-state index contributed by atoms with van der Waals surface area (Å²) in [6.45, 7) is 0. The molecule has 7 nitrogen and oxygen atoms in total. The summed E-state index contributed by atoms with van der Waals surface area (Å²) in [5, 5.41) is 2.54. The molecule has 3 unspecified atom stereocenters. The Morgan fingerprint density at radius 1 is 1.12 bits per heavy atom. The third-order valence-corrected chi connectivity index (χ3v) is 6.93. The second-order valence-corrected chi connectivity index (χ2v) is 8.59. The van der Waals surface area contributed by atoms with E-state index in [-0.39, 0.29) is 17.9 Å². The number of hydrogen-bond donors (Lipinski definition) is 2. The third-order valence-electron chi connectivity index (χ3n) is 5.11. The number of anilines is 1. The summed E-state index contributed by atoms with van der Waals surface area (Å²) in [5.74, 6) is 1.33. The van der Waals surface area contributed by atoms with Crippen molar-refractivity contribution < 1.29 is 22.7 Å². The molecule has 2 aliphatic rings. The number of carbonyl (C=O) groups excluding carboxylic acids is 1. The lowest BCUT2D eigenvalue weighted by Crippen LogP contribution is -2.50. The first-order valence-corrected chi connectivity index (χ1v) is 10.0. The Kier molecular flexibility index (Phi) is 5.08. The molecule has 138 valence electrons. The number of piperidine rings is 1. The molecule has 1 aromatic carbocycles. The Labute approximate surface area is 148 Å². The molecule has 25 heavy (non-hydrogen) atoms. The lowest BCUT2D eigenvalue weighted by molar-refractivity contribution is -0.124. The van der Waals surface area contributed by atoms with Crippen molar-refractivity contribution in [2.24, 2.45) is 5.92 Å². The van der Waals surface area contributed by atoms with Gasteiger partial charge < -0.3 is 14.8 Å². The number of carbonyl (C=O) groups is 1. The number of hydrogen-bond acceptors (Lipinski definition) is 5. The zero-order valence-corrected chi connectivity index (χ0v) is 15.3. The van der Waals surface area contributed by atoms with Crippen molar-refractivity contribution in [2.45, 2.75) is 43.4 Å². The van der Waals surface area contributed by atoms with Crippen molar-refractivity contribution >= 4 is 21.6 Å². The molecule has 1 saturated carbocycles. The van der Waals surface area contributed by atoms with E-state index >= 15 is 0 Å². The van der Waals surface area contributed by atoms with E-state index in [2.05, 4.69) is 10.0 Å². The molecule has 0 radical (unpaired) electrons. The maximum absolute atomic E-state index is 12.8. The molecular weight excluding hydrogens is 344 g/mol. The van der Waals surface area contributed by atoms with Crippen LogP contribution in [-0.4, -0.2) is 39.8 Å². The molecule has 1 heterocycles. The highest BCUT2D eigenvalue weighted by Gasteiger charge is 2.39. The lowest BCUT2D eigenvalue weighted by Gasteiger charge is -2.39. The van der Waals surface area contributed by atoms with Gasteiger partial charge in [0, 0.05) is 18.5 Å². The van der Waals surface area contributed by atoms with Crippen LogP contribution in [0, 0.1) is 5.92 Å². The summed E-state index contributed by atoms with van der Waals surface area (Å²) in [7, 11) is -0.465. The number of fused-ring (bicyclic) bond motifs is 1. The van der Waals surface area contributed by atoms with Gasteiger partial charge >= 0.3 is 0 Å². The Hall–Kier alpha value is -1.96. The molecule has 1 aliphatic heterocycles. The number of amides is 1. The summed E-state index contributed by atoms with van der Waals surface area (Å²) in [4.78, 5) is 11.5. The van der Waals surface area contributed by atoms with Gasteiger partial charge in [-0.15, -0.1) is 0 Å². The Balaban J connectivity index is 1.71. The summed E-state index contributed by atoms with van der Waals surface area (Å²) in [6.07, 6.45) is 3.07. The second-order valence-electron chi connectivity index (χ2n) is 6.62. The highest BCUT2D eigenvalue weighted by molar-refractivity contribution is 7.93. The van der Waals surface area contributed by atoms with Crippen molar-refractivity contribution in [3.05, 3.63) is 18.2 Å². The van der Waals surface area contributed by atoms with Crippen LogP contribution in [0.1, 0.15) is 32.1 Å². The Morgan fingerprint density at radius 3 is 2.60 bits per heavy atom. The predicted octanol–water partition coefficient (Wildman–Crippen LogP) is 1.89. The SMILES string of the molecule is COc1ccc(NS(=O)(=O)C2CCC3NC(=O)CCC3C2)cc1OC. The van der Waals surface area contributed by atoms with Gasteiger partial charge in [-0.05, 0) is 43.7 Å². The number of sulfonamides is 1. The maximum atomic E-state index is 12.8. The van der Waals surface area contributed by atoms with Crippen LogP contribution in [0.4, 0.5) is 5.69 Å². The van der Waals surface area contributed by atoms with E-state index in [4.69, 9.17) is 9.47 Å². The Morgan fingerprint density at radius 2 is 1.88 bits per heavy atom. The molecular formula is C17H24N2O5S. The zero-order valence-electron chi connectivity index (χ0n) is 14.4. The van der Waals surface area contributed by atoms with E-state index in [1.54, 1.807) is 18.2 Å². The van der Waals surface area contributed by atoms with Crippen molar-refractivity contribution in [1.82, 2.24) is 5.32 Å². The van der Waals surface area contributed by atoms with Gasteiger partial charge in [-0.2, -0.15) is 0 Å². The van der Waals surface area contributed by atoms with Crippen LogP contribution in [0.3, 0.4) is 0 Å². The summed E-state index contributed by atoms with van der Waals surface area (Å²) < 4.78 is 38.6. The molecule has 1 saturated heterocycles. The minimum Gasteiger partial charge on any atom is -0.493 e. The Bertz CT molecular complexity index is 749. The number of methoxy groups -OCH3 is 2. The first kappa shape index (κ1) is 17.8. The van der Waals surface area contributed by atoms with Crippen LogP contribution in [-0.2, 0) is 14.8 Å². The van der Waals surface area contributed by atoms with Crippen LogP contribution in [0.2, 0.25) is 0 Å². The fourth-order valence-corrected chi connectivity index (χ4v) is 5.32. The van der Waals surface area contributed by atoms with Crippen LogP contribution in [0.25, 0.3) is 0 Å². The number of benzene rings is 1. The van der Waals surface area contributed by atoms with E-state index in [9.17, 15) is 13.2 Å². The molecule has 1 amide bonds. The molecule has 0 bridgehead atoms. The number of nitrogens with one attached hydrogen (secondary N) is 2. The van der Waals surface area contributed by atoms with Crippen LogP contribution in [0.5, 0.6) is 11.5 Å². The predicted molar refractivity (Wildman–Crippen MR) is 94.4 cm³/mol. The highest BCUT2D eigenvalue weighted by atomic mass is 32.2. The molecule has 1 aromatic rings. The molecule has 8 heteroatoms. The maximum Gasteiger partial charge on any atom is 0.235 e. The van der Waals surface area contributed by atoms with Crippen LogP contribution < -0.4 is 19.5 Å². The quantitative estimate of drug-likeness (QED) is 0.828. The second kappa shape index (κ2) is 7.11. The topological polar surface area (TPSA) is 93.7 Å². The molecule has 2 fully saturated rings. The van der Waals surface area contributed by atoms with Crippen molar-refractivity contribution in [2.75, 3.05) is 18.9 Å². The van der Waals surface area contributed by atoms with E-state index in [1.165, 1.54) is 14.2 Å². The molecule has 1 aliphatic carbocycles. The van der Waals surface area contributed by atoms with Gasteiger partial charge in [-0.25, -0.2) is 8.42 Å². The summed E-state index contributed by atoms with van der Waals surface area (Å²) in [5.41, 5.74) is 0.455. The fourth-order valence-electron chi connectivity index (χ4n) is 3.75. The molecule has 0 spiro atoms. The zero-order chi connectivity index (χ0) is 18.0. The molecule has 3 rings (SSSR count).